The van der Waals surface area contributed by atoms with E-state index in [1.165, 1.54) is 24.3 Å². The van der Waals surface area contributed by atoms with Crippen molar-refractivity contribution >= 4 is 35.5 Å². The summed E-state index contributed by atoms with van der Waals surface area (Å²) in [5.74, 6) is -5.13. The smallest absolute Gasteiger partial charge is 0.326 e. The molecule has 39 heavy (non-hydrogen) atoms. The van der Waals surface area contributed by atoms with Crippen LogP contribution in [0.1, 0.15) is 51.5 Å². The standard InChI is InChI=1S/C25H38N6O8/c1-13(2)11-18(24(37)31-19(25(38)39)12-14-3-5-15(32)6-4-14)30-23(36)17(8-10-21(28)34)29-22(35)16(26)7-9-20(27)33/h3-6,13,16-19,32H,7-12,26H2,1-2H3,(H2,27,33)(H2,28,34)(H,29,35)(H,30,36)(H,31,37)(H,38,39). The van der Waals surface area contributed by atoms with Crippen LogP contribution in [0.4, 0.5) is 0 Å². The van der Waals surface area contributed by atoms with Crippen LogP contribution in [-0.2, 0) is 35.2 Å². The van der Waals surface area contributed by atoms with Gasteiger partial charge in [-0.1, -0.05) is 26.0 Å². The van der Waals surface area contributed by atoms with E-state index in [9.17, 15) is 39.0 Å². The van der Waals surface area contributed by atoms with Crippen molar-refractivity contribution in [1.29, 1.82) is 0 Å². The Morgan fingerprint density at radius 1 is 0.769 bits per heavy atom. The van der Waals surface area contributed by atoms with E-state index < -0.39 is 59.7 Å². The number of nitrogens with one attached hydrogen (secondary N) is 3. The zero-order chi connectivity index (χ0) is 29.7. The van der Waals surface area contributed by atoms with E-state index in [0.29, 0.717) is 5.56 Å². The Morgan fingerprint density at radius 2 is 1.26 bits per heavy atom. The van der Waals surface area contributed by atoms with Crippen molar-refractivity contribution in [2.45, 2.75) is 76.5 Å². The van der Waals surface area contributed by atoms with E-state index in [4.69, 9.17) is 17.2 Å². The Morgan fingerprint density at radius 3 is 1.77 bits per heavy atom. The molecule has 0 aliphatic rings. The molecule has 0 spiro atoms. The minimum atomic E-state index is -1.33. The van der Waals surface area contributed by atoms with Crippen LogP contribution in [0.2, 0.25) is 0 Å². The van der Waals surface area contributed by atoms with Gasteiger partial charge < -0.3 is 43.4 Å². The lowest BCUT2D eigenvalue weighted by Gasteiger charge is -2.26. The normalized spacial score (nSPS) is 13.9. The molecule has 1 aromatic rings. The van der Waals surface area contributed by atoms with Crippen LogP contribution in [0.15, 0.2) is 24.3 Å². The summed E-state index contributed by atoms with van der Waals surface area (Å²) >= 11 is 0. The number of carbonyl (C=O) groups is 6. The summed E-state index contributed by atoms with van der Waals surface area (Å²) in [6.45, 7) is 3.59. The number of nitrogens with two attached hydrogens (primary N) is 3. The van der Waals surface area contributed by atoms with Crippen molar-refractivity contribution < 1.29 is 39.0 Å². The molecular weight excluding hydrogens is 512 g/mol. The number of phenols is 1. The van der Waals surface area contributed by atoms with Crippen LogP contribution in [0.5, 0.6) is 5.75 Å². The molecule has 0 bridgehead atoms. The van der Waals surface area contributed by atoms with Crippen molar-refractivity contribution in [3.8, 4) is 5.75 Å². The van der Waals surface area contributed by atoms with E-state index in [1.807, 2.05) is 0 Å². The van der Waals surface area contributed by atoms with Crippen molar-refractivity contribution in [3.05, 3.63) is 29.8 Å². The van der Waals surface area contributed by atoms with Gasteiger partial charge in [-0.15, -0.1) is 0 Å². The van der Waals surface area contributed by atoms with Crippen molar-refractivity contribution in [2.24, 2.45) is 23.1 Å². The number of phenolic OH excluding ortho intramolecular Hbond substituents is 1. The van der Waals surface area contributed by atoms with Crippen LogP contribution in [-0.4, -0.2) is 69.9 Å². The maximum Gasteiger partial charge on any atom is 0.326 e. The van der Waals surface area contributed by atoms with Gasteiger partial charge in [0.05, 0.1) is 6.04 Å². The Labute approximate surface area is 226 Å². The number of rotatable bonds is 17. The number of carbonyl (C=O) groups excluding carboxylic acids is 5. The number of carboxylic acids is 1. The molecule has 14 heteroatoms. The van der Waals surface area contributed by atoms with Gasteiger partial charge in [0, 0.05) is 19.3 Å². The summed E-state index contributed by atoms with van der Waals surface area (Å²) in [4.78, 5) is 72.8. The number of aromatic hydroxyl groups is 1. The first-order valence-electron chi connectivity index (χ1n) is 12.4. The third-order valence-corrected chi connectivity index (χ3v) is 5.68. The second-order valence-corrected chi connectivity index (χ2v) is 9.64. The fourth-order valence-corrected chi connectivity index (χ4v) is 3.58. The maximum atomic E-state index is 13.1. The molecule has 0 heterocycles. The fourth-order valence-electron chi connectivity index (χ4n) is 3.58. The van der Waals surface area contributed by atoms with E-state index in [0.717, 1.165) is 0 Å². The average molecular weight is 551 g/mol. The highest BCUT2D eigenvalue weighted by atomic mass is 16.4. The third-order valence-electron chi connectivity index (χ3n) is 5.68. The Bertz CT molecular complexity index is 1030. The van der Waals surface area contributed by atoms with Crippen LogP contribution in [0, 0.1) is 5.92 Å². The molecule has 1 aromatic carbocycles. The van der Waals surface area contributed by atoms with E-state index >= 15 is 0 Å². The monoisotopic (exact) mass is 550 g/mol. The lowest BCUT2D eigenvalue weighted by Crippen LogP contribution is -2.57. The van der Waals surface area contributed by atoms with Gasteiger partial charge in [-0.05, 0) is 42.9 Å². The number of carboxylic acid groups (broad SMARTS) is 1. The minimum absolute atomic E-state index is 0.00109. The molecule has 4 atom stereocenters. The Kier molecular flexibility index (Phi) is 13.4. The quantitative estimate of drug-likeness (QED) is 0.111. The van der Waals surface area contributed by atoms with Gasteiger partial charge in [0.15, 0.2) is 0 Å². The number of aliphatic carboxylic acids is 1. The van der Waals surface area contributed by atoms with Gasteiger partial charge in [-0.2, -0.15) is 0 Å². The number of primary amides is 2. The number of hydrogen-bond donors (Lipinski definition) is 8. The summed E-state index contributed by atoms with van der Waals surface area (Å²) < 4.78 is 0. The van der Waals surface area contributed by atoms with E-state index in [2.05, 4.69) is 16.0 Å². The largest absolute Gasteiger partial charge is 0.508 e. The predicted octanol–water partition coefficient (Wildman–Crippen LogP) is -1.62. The summed E-state index contributed by atoms with van der Waals surface area (Å²) in [6, 6.07) is 0.858. The van der Waals surface area contributed by atoms with E-state index in [1.54, 1.807) is 13.8 Å². The highest BCUT2D eigenvalue weighted by molar-refractivity contribution is 5.94. The second-order valence-electron chi connectivity index (χ2n) is 9.64. The Hall–Kier alpha value is -4.20. The van der Waals surface area contributed by atoms with Gasteiger partial charge in [0.1, 0.15) is 23.9 Å². The Balaban J connectivity index is 3.03. The number of hydrogen-bond acceptors (Lipinski definition) is 8. The maximum absolute atomic E-state index is 13.1. The van der Waals surface area contributed by atoms with Gasteiger partial charge >= 0.3 is 5.97 Å². The molecule has 11 N–H and O–H groups in total. The molecular formula is C25H38N6O8. The third kappa shape index (κ3) is 12.7. The molecule has 0 aliphatic carbocycles. The SMILES string of the molecule is CC(C)CC(NC(=O)C(CCC(N)=O)NC(=O)C(N)CCC(N)=O)C(=O)NC(Cc1ccc(O)cc1)C(=O)O. The molecule has 0 aromatic heterocycles. The average Bonchev–Trinajstić information content (AvgIpc) is 2.84. The van der Waals surface area contributed by atoms with E-state index in [-0.39, 0.29) is 50.2 Å². The summed E-state index contributed by atoms with van der Waals surface area (Å²) in [5.41, 5.74) is 16.6. The highest BCUT2D eigenvalue weighted by Gasteiger charge is 2.31. The zero-order valence-electron chi connectivity index (χ0n) is 22.0. The van der Waals surface area contributed by atoms with Gasteiger partial charge in [-0.3, -0.25) is 24.0 Å². The zero-order valence-corrected chi connectivity index (χ0v) is 22.0. The van der Waals surface area contributed by atoms with Crippen molar-refractivity contribution in [1.82, 2.24) is 16.0 Å². The van der Waals surface area contributed by atoms with Gasteiger partial charge in [0.25, 0.3) is 0 Å². The molecule has 4 unspecified atom stereocenters. The fraction of sp³-hybridized carbons (Fsp3) is 0.520. The first kappa shape index (κ1) is 32.8. The van der Waals surface area contributed by atoms with Crippen LogP contribution >= 0.6 is 0 Å². The molecule has 0 saturated heterocycles. The molecule has 5 amide bonds. The van der Waals surface area contributed by atoms with Crippen LogP contribution < -0.4 is 33.2 Å². The topological polar surface area (TPSA) is 257 Å². The molecule has 216 valence electrons. The summed E-state index contributed by atoms with van der Waals surface area (Å²) in [5, 5.41) is 26.4. The number of benzene rings is 1. The lowest BCUT2D eigenvalue weighted by atomic mass is 10.0. The summed E-state index contributed by atoms with van der Waals surface area (Å²) in [7, 11) is 0. The van der Waals surface area contributed by atoms with Gasteiger partial charge in [-0.25, -0.2) is 4.79 Å². The predicted molar refractivity (Wildman–Crippen MR) is 140 cm³/mol. The number of amides is 5. The molecule has 0 radical (unpaired) electrons. The van der Waals surface area contributed by atoms with Crippen LogP contribution in [0.25, 0.3) is 0 Å². The molecule has 14 nitrogen and oxygen atoms in total. The van der Waals surface area contributed by atoms with Gasteiger partial charge in [0.2, 0.25) is 29.5 Å². The first-order valence-corrected chi connectivity index (χ1v) is 12.4. The van der Waals surface area contributed by atoms with Crippen molar-refractivity contribution in [2.75, 3.05) is 0 Å². The second kappa shape index (κ2) is 15.9. The molecule has 0 fully saturated rings. The molecule has 0 saturated carbocycles. The first-order chi connectivity index (χ1) is 18.2. The molecule has 1 rings (SSSR count). The summed E-state index contributed by atoms with van der Waals surface area (Å²) in [6.07, 6.45) is -0.616. The van der Waals surface area contributed by atoms with Crippen LogP contribution in [0.3, 0.4) is 0 Å². The lowest BCUT2D eigenvalue weighted by molar-refractivity contribution is -0.142. The highest BCUT2D eigenvalue weighted by Crippen LogP contribution is 2.13. The van der Waals surface area contributed by atoms with Crippen molar-refractivity contribution in [3.63, 3.8) is 0 Å². The molecule has 0 aliphatic heterocycles. The minimum Gasteiger partial charge on any atom is -0.508 e.